The number of nitrogens with two attached hydrogens (primary N) is 1. The second kappa shape index (κ2) is 10.0. The Kier molecular flexibility index (Phi) is 7.06. The zero-order chi connectivity index (χ0) is 24.3. The standard InChI is InChI=1S/C22H28N8O3S/c1-15(31)30-11-10-29(14-17(30)4-7-23)22-18-5-8-26-13-19(18)27-21(28-22)3-2-16-12-25-9-6-20(16)34(24,32)33/h6,9,12,17,26H,2-5,8,10-11,13-14H2,1H3,(H2,24,32,33)/t17-/m0/s1. The van der Waals surface area contributed by atoms with E-state index in [4.69, 9.17) is 15.1 Å². The molecule has 2 aliphatic heterocycles. The van der Waals surface area contributed by atoms with Crippen LogP contribution in [0.3, 0.4) is 0 Å². The summed E-state index contributed by atoms with van der Waals surface area (Å²) in [6.45, 7) is 4.66. The maximum atomic E-state index is 12.0. The van der Waals surface area contributed by atoms with Crippen molar-refractivity contribution in [2.75, 3.05) is 31.1 Å². The molecule has 4 heterocycles. The summed E-state index contributed by atoms with van der Waals surface area (Å²) < 4.78 is 23.9. The molecule has 2 aliphatic rings. The number of carbonyl (C=O) groups is 1. The van der Waals surface area contributed by atoms with Gasteiger partial charge in [0.2, 0.25) is 15.9 Å². The van der Waals surface area contributed by atoms with Crippen molar-refractivity contribution in [2.24, 2.45) is 5.14 Å². The lowest BCUT2D eigenvalue weighted by Gasteiger charge is -2.41. The minimum atomic E-state index is -3.86. The fraction of sp³-hybridized carbons (Fsp3) is 0.500. The zero-order valence-corrected chi connectivity index (χ0v) is 19.9. The van der Waals surface area contributed by atoms with Gasteiger partial charge in [0.25, 0.3) is 0 Å². The van der Waals surface area contributed by atoms with Gasteiger partial charge in [-0.2, -0.15) is 5.26 Å². The predicted octanol–water partition coefficient (Wildman–Crippen LogP) is -0.0993. The molecule has 180 valence electrons. The lowest BCUT2D eigenvalue weighted by atomic mass is 10.0. The molecule has 2 aromatic heterocycles. The first-order chi connectivity index (χ1) is 16.3. The molecule has 11 nitrogen and oxygen atoms in total. The first-order valence-corrected chi connectivity index (χ1v) is 12.8. The molecule has 2 aromatic rings. The van der Waals surface area contributed by atoms with Crippen LogP contribution in [0.15, 0.2) is 23.4 Å². The molecule has 3 N–H and O–H groups in total. The van der Waals surface area contributed by atoms with Crippen LogP contribution < -0.4 is 15.4 Å². The van der Waals surface area contributed by atoms with Crippen molar-refractivity contribution in [1.29, 1.82) is 5.26 Å². The van der Waals surface area contributed by atoms with E-state index in [1.165, 1.54) is 25.4 Å². The van der Waals surface area contributed by atoms with Crippen LogP contribution in [-0.2, 0) is 40.6 Å². The van der Waals surface area contributed by atoms with Crippen LogP contribution >= 0.6 is 0 Å². The molecule has 1 fully saturated rings. The van der Waals surface area contributed by atoms with E-state index in [-0.39, 0.29) is 23.3 Å². The Bertz CT molecular complexity index is 1230. The molecule has 34 heavy (non-hydrogen) atoms. The number of pyridine rings is 1. The normalized spacial score (nSPS) is 18.3. The van der Waals surface area contributed by atoms with Gasteiger partial charge in [-0.3, -0.25) is 9.78 Å². The maximum Gasteiger partial charge on any atom is 0.238 e. The number of aryl methyl sites for hydroxylation is 2. The molecule has 0 unspecified atom stereocenters. The van der Waals surface area contributed by atoms with Crippen molar-refractivity contribution in [1.82, 2.24) is 25.2 Å². The summed E-state index contributed by atoms with van der Waals surface area (Å²) in [4.78, 5) is 29.7. The number of fused-ring (bicyclic) bond motifs is 1. The number of nitrogens with one attached hydrogen (secondary N) is 1. The number of nitrogens with zero attached hydrogens (tertiary/aromatic N) is 6. The highest BCUT2D eigenvalue weighted by atomic mass is 32.2. The lowest BCUT2D eigenvalue weighted by molar-refractivity contribution is -0.131. The highest BCUT2D eigenvalue weighted by Gasteiger charge is 2.31. The molecule has 1 atom stereocenters. The number of anilines is 1. The van der Waals surface area contributed by atoms with Gasteiger partial charge in [0, 0.05) is 57.5 Å². The molecule has 1 amide bonds. The first kappa shape index (κ1) is 24.0. The summed E-state index contributed by atoms with van der Waals surface area (Å²) in [6, 6.07) is 3.40. The Morgan fingerprint density at radius 1 is 1.32 bits per heavy atom. The molecule has 0 radical (unpaired) electrons. The largest absolute Gasteiger partial charge is 0.352 e. The van der Waals surface area contributed by atoms with E-state index in [2.05, 4.69) is 21.3 Å². The SMILES string of the molecule is CC(=O)N1CCN(c2nc(CCc3cnccc3S(N)(=O)=O)nc3c2CCNC3)C[C@@H]1CC#N. The van der Waals surface area contributed by atoms with Gasteiger partial charge in [0.05, 0.1) is 29.1 Å². The zero-order valence-electron chi connectivity index (χ0n) is 19.1. The van der Waals surface area contributed by atoms with Crippen LogP contribution in [0.4, 0.5) is 5.82 Å². The third kappa shape index (κ3) is 5.16. The van der Waals surface area contributed by atoms with Crippen molar-refractivity contribution < 1.29 is 13.2 Å². The third-order valence-corrected chi connectivity index (χ3v) is 7.27. The van der Waals surface area contributed by atoms with Gasteiger partial charge in [-0.05, 0) is 31.0 Å². The highest BCUT2D eigenvalue weighted by Crippen LogP contribution is 2.27. The monoisotopic (exact) mass is 484 g/mol. The number of hydrogen-bond donors (Lipinski definition) is 2. The summed E-state index contributed by atoms with van der Waals surface area (Å²) >= 11 is 0. The summed E-state index contributed by atoms with van der Waals surface area (Å²) in [7, 11) is -3.86. The van der Waals surface area contributed by atoms with Crippen LogP contribution in [0.1, 0.15) is 36.0 Å². The molecule has 12 heteroatoms. The minimum Gasteiger partial charge on any atom is -0.352 e. The van der Waals surface area contributed by atoms with E-state index in [9.17, 15) is 18.5 Å². The first-order valence-electron chi connectivity index (χ1n) is 11.2. The van der Waals surface area contributed by atoms with Crippen LogP contribution in [0, 0.1) is 11.3 Å². The fourth-order valence-electron chi connectivity index (χ4n) is 4.63. The number of rotatable bonds is 6. The van der Waals surface area contributed by atoms with E-state index in [1.807, 2.05) is 0 Å². The van der Waals surface area contributed by atoms with Crippen molar-refractivity contribution in [3.05, 3.63) is 41.1 Å². The van der Waals surface area contributed by atoms with E-state index in [0.717, 1.165) is 30.0 Å². The molecule has 0 bridgehead atoms. The van der Waals surface area contributed by atoms with Gasteiger partial charge >= 0.3 is 0 Å². The van der Waals surface area contributed by atoms with Gasteiger partial charge in [-0.25, -0.2) is 23.5 Å². The minimum absolute atomic E-state index is 0.0309. The second-order valence-electron chi connectivity index (χ2n) is 8.52. The van der Waals surface area contributed by atoms with E-state index >= 15 is 0 Å². The smallest absolute Gasteiger partial charge is 0.238 e. The Labute approximate surface area is 199 Å². The number of amides is 1. The molecule has 0 aliphatic carbocycles. The maximum absolute atomic E-state index is 12.0. The predicted molar refractivity (Wildman–Crippen MR) is 124 cm³/mol. The second-order valence-corrected chi connectivity index (χ2v) is 10.0. The van der Waals surface area contributed by atoms with Crippen LogP contribution in [0.2, 0.25) is 0 Å². The molecule has 1 saturated heterocycles. The number of aromatic nitrogens is 3. The third-order valence-electron chi connectivity index (χ3n) is 6.26. The average Bonchev–Trinajstić information content (AvgIpc) is 2.82. The molecule has 0 saturated carbocycles. The summed E-state index contributed by atoms with van der Waals surface area (Å²) in [6.07, 6.45) is 4.76. The Balaban J connectivity index is 1.62. The summed E-state index contributed by atoms with van der Waals surface area (Å²) in [5.41, 5.74) is 2.53. The van der Waals surface area contributed by atoms with E-state index in [1.54, 1.807) is 4.90 Å². The summed E-state index contributed by atoms with van der Waals surface area (Å²) in [5.74, 6) is 1.41. The topological polar surface area (TPSA) is 158 Å². The number of piperazine rings is 1. The van der Waals surface area contributed by atoms with Crippen molar-refractivity contribution >= 4 is 21.7 Å². The Morgan fingerprint density at radius 3 is 2.88 bits per heavy atom. The quantitative estimate of drug-likeness (QED) is 0.571. The number of hydrogen-bond acceptors (Lipinski definition) is 9. The van der Waals surface area contributed by atoms with E-state index < -0.39 is 10.0 Å². The number of nitriles is 1. The summed E-state index contributed by atoms with van der Waals surface area (Å²) in [5, 5.41) is 18.0. The van der Waals surface area contributed by atoms with E-state index in [0.29, 0.717) is 50.4 Å². The number of sulfonamides is 1. The molecule has 4 rings (SSSR count). The fourth-order valence-corrected chi connectivity index (χ4v) is 5.40. The van der Waals surface area contributed by atoms with Crippen LogP contribution in [-0.4, -0.2) is 66.4 Å². The molecule has 0 spiro atoms. The number of primary sulfonamides is 1. The average molecular weight is 485 g/mol. The number of carbonyl (C=O) groups excluding carboxylic acids is 1. The highest BCUT2D eigenvalue weighted by molar-refractivity contribution is 7.89. The lowest BCUT2D eigenvalue weighted by Crippen LogP contribution is -2.55. The van der Waals surface area contributed by atoms with Gasteiger partial charge < -0.3 is 15.1 Å². The molecule has 0 aromatic carbocycles. The van der Waals surface area contributed by atoms with Crippen molar-refractivity contribution in [2.45, 2.75) is 50.1 Å². The van der Waals surface area contributed by atoms with Crippen molar-refractivity contribution in [3.63, 3.8) is 0 Å². The van der Waals surface area contributed by atoms with Gasteiger partial charge in [0.1, 0.15) is 11.6 Å². The molecular weight excluding hydrogens is 456 g/mol. The molecular formula is C22H28N8O3S. The van der Waals surface area contributed by atoms with Gasteiger partial charge in [-0.1, -0.05) is 0 Å². The van der Waals surface area contributed by atoms with Gasteiger partial charge in [0.15, 0.2) is 0 Å². The van der Waals surface area contributed by atoms with Gasteiger partial charge in [-0.15, -0.1) is 0 Å². The van der Waals surface area contributed by atoms with Crippen molar-refractivity contribution in [3.8, 4) is 6.07 Å². The van der Waals surface area contributed by atoms with Crippen LogP contribution in [0.25, 0.3) is 0 Å². The Morgan fingerprint density at radius 2 is 2.15 bits per heavy atom. The van der Waals surface area contributed by atoms with Crippen LogP contribution in [0.5, 0.6) is 0 Å². The Hall–Kier alpha value is -3.14.